The number of aliphatic carboxylic acids is 1. The zero-order valence-electron chi connectivity index (χ0n) is 13.7. The smallest absolute Gasteiger partial charge is 0.328 e. The van der Waals surface area contributed by atoms with Gasteiger partial charge in [0.1, 0.15) is 18.7 Å². The van der Waals surface area contributed by atoms with Gasteiger partial charge in [0, 0.05) is 17.2 Å². The molecule has 6 nitrogen and oxygen atoms in total. The second kappa shape index (κ2) is 9.42. The summed E-state index contributed by atoms with van der Waals surface area (Å²) in [6, 6.07) is 4.59. The monoisotopic (exact) mass is 340 g/mol. The molecule has 128 valence electrons. The van der Waals surface area contributed by atoms with Crippen LogP contribution < -0.4 is 11.1 Å². The van der Waals surface area contributed by atoms with Crippen molar-refractivity contribution < 1.29 is 19.4 Å². The van der Waals surface area contributed by atoms with Crippen molar-refractivity contribution in [3.05, 3.63) is 29.3 Å². The third-order valence-electron chi connectivity index (χ3n) is 3.28. The summed E-state index contributed by atoms with van der Waals surface area (Å²) in [5.41, 5.74) is 8.47. The lowest BCUT2D eigenvalue weighted by Gasteiger charge is -2.18. The molecule has 1 aromatic rings. The molecule has 0 heterocycles. The fourth-order valence-electron chi connectivity index (χ4n) is 1.93. The lowest BCUT2D eigenvalue weighted by molar-refractivity contribution is -0.143. The molecule has 0 radical (unpaired) electrons. The number of esters is 1. The van der Waals surface area contributed by atoms with Crippen LogP contribution in [0.1, 0.15) is 18.1 Å². The number of aryl methyl sites for hydroxylation is 2. The number of ether oxygens (including phenoxy) is 1. The SMILES string of the molecule is Cc1cccc(C)c1N[C@@H](C)C(=O)OCCSCC(N)C(=O)O. The summed E-state index contributed by atoms with van der Waals surface area (Å²) in [7, 11) is 0. The normalized spacial score (nSPS) is 13.2. The van der Waals surface area contributed by atoms with Gasteiger partial charge < -0.3 is 20.9 Å². The predicted octanol–water partition coefficient (Wildman–Crippen LogP) is 1.79. The topological polar surface area (TPSA) is 102 Å². The quantitative estimate of drug-likeness (QED) is 0.465. The molecular formula is C16H24N2O4S. The van der Waals surface area contributed by atoms with Crippen molar-refractivity contribution in [3.8, 4) is 0 Å². The number of anilines is 1. The van der Waals surface area contributed by atoms with Crippen molar-refractivity contribution in [2.75, 3.05) is 23.4 Å². The molecule has 0 aliphatic rings. The Morgan fingerprint density at radius 1 is 1.35 bits per heavy atom. The van der Waals surface area contributed by atoms with Crippen molar-refractivity contribution in [1.29, 1.82) is 0 Å². The van der Waals surface area contributed by atoms with Crippen LogP contribution in [0.4, 0.5) is 5.69 Å². The van der Waals surface area contributed by atoms with Crippen LogP contribution >= 0.6 is 11.8 Å². The summed E-state index contributed by atoms with van der Waals surface area (Å²) in [6.45, 7) is 5.95. The molecule has 0 saturated carbocycles. The number of carboxylic acids is 1. The van der Waals surface area contributed by atoms with E-state index in [0.717, 1.165) is 16.8 Å². The number of hydrogen-bond acceptors (Lipinski definition) is 6. The molecule has 7 heteroatoms. The zero-order chi connectivity index (χ0) is 17.4. The maximum atomic E-state index is 12.0. The first kappa shape index (κ1) is 19.3. The van der Waals surface area contributed by atoms with Crippen LogP contribution in [0.5, 0.6) is 0 Å². The van der Waals surface area contributed by atoms with Crippen molar-refractivity contribution in [2.24, 2.45) is 5.73 Å². The van der Waals surface area contributed by atoms with Crippen molar-refractivity contribution in [1.82, 2.24) is 0 Å². The molecule has 1 unspecified atom stereocenters. The molecule has 0 amide bonds. The highest BCUT2D eigenvalue weighted by molar-refractivity contribution is 7.99. The van der Waals surface area contributed by atoms with E-state index in [1.807, 2.05) is 32.0 Å². The number of nitrogens with two attached hydrogens (primary N) is 1. The van der Waals surface area contributed by atoms with E-state index in [0.29, 0.717) is 11.5 Å². The van der Waals surface area contributed by atoms with Crippen LogP contribution in [0, 0.1) is 13.8 Å². The van der Waals surface area contributed by atoms with Crippen LogP contribution in [-0.4, -0.2) is 47.2 Å². The van der Waals surface area contributed by atoms with Crippen LogP contribution in [0.3, 0.4) is 0 Å². The Kier molecular flexibility index (Phi) is 7.91. The number of carboxylic acid groups (broad SMARTS) is 1. The zero-order valence-corrected chi connectivity index (χ0v) is 14.5. The van der Waals surface area contributed by atoms with Gasteiger partial charge in [-0.15, -0.1) is 0 Å². The number of thioether (sulfide) groups is 1. The Bertz CT molecular complexity index is 531. The highest BCUT2D eigenvalue weighted by atomic mass is 32.2. The second-order valence-corrected chi connectivity index (χ2v) is 6.47. The van der Waals surface area contributed by atoms with Crippen LogP contribution in [0.2, 0.25) is 0 Å². The molecule has 0 bridgehead atoms. The Morgan fingerprint density at radius 3 is 2.52 bits per heavy atom. The van der Waals surface area contributed by atoms with E-state index in [1.165, 1.54) is 11.8 Å². The summed E-state index contributed by atoms with van der Waals surface area (Å²) < 4.78 is 5.19. The van der Waals surface area contributed by atoms with E-state index in [1.54, 1.807) is 6.92 Å². The number of nitrogens with one attached hydrogen (secondary N) is 1. The number of hydrogen-bond donors (Lipinski definition) is 3. The average Bonchev–Trinajstić information content (AvgIpc) is 2.49. The van der Waals surface area contributed by atoms with Gasteiger partial charge in [0.2, 0.25) is 0 Å². The highest BCUT2D eigenvalue weighted by Gasteiger charge is 2.16. The van der Waals surface area contributed by atoms with Gasteiger partial charge in [-0.25, -0.2) is 4.79 Å². The van der Waals surface area contributed by atoms with Crippen LogP contribution in [0.25, 0.3) is 0 Å². The third kappa shape index (κ3) is 6.50. The van der Waals surface area contributed by atoms with Gasteiger partial charge in [0.25, 0.3) is 0 Å². The van der Waals surface area contributed by atoms with Gasteiger partial charge in [-0.05, 0) is 31.9 Å². The van der Waals surface area contributed by atoms with E-state index in [9.17, 15) is 9.59 Å². The summed E-state index contributed by atoms with van der Waals surface area (Å²) in [5, 5.41) is 11.8. The van der Waals surface area contributed by atoms with E-state index in [-0.39, 0.29) is 12.6 Å². The molecule has 0 fully saturated rings. The molecule has 0 saturated heterocycles. The molecular weight excluding hydrogens is 316 g/mol. The van der Waals surface area contributed by atoms with E-state index < -0.39 is 18.1 Å². The summed E-state index contributed by atoms with van der Waals surface area (Å²) in [5.74, 6) is -0.553. The molecule has 4 N–H and O–H groups in total. The Balaban J connectivity index is 2.33. The minimum atomic E-state index is -1.03. The van der Waals surface area contributed by atoms with Gasteiger partial charge in [-0.2, -0.15) is 11.8 Å². The molecule has 1 aromatic carbocycles. The lowest BCUT2D eigenvalue weighted by Crippen LogP contribution is -2.33. The van der Waals surface area contributed by atoms with E-state index >= 15 is 0 Å². The maximum Gasteiger partial charge on any atom is 0.328 e. The van der Waals surface area contributed by atoms with E-state index in [2.05, 4.69) is 5.32 Å². The second-order valence-electron chi connectivity index (χ2n) is 5.32. The van der Waals surface area contributed by atoms with Crippen molar-refractivity contribution >= 4 is 29.4 Å². The van der Waals surface area contributed by atoms with Crippen molar-refractivity contribution in [3.63, 3.8) is 0 Å². The number of carbonyl (C=O) groups is 2. The first-order chi connectivity index (χ1) is 10.8. The minimum Gasteiger partial charge on any atom is -0.480 e. The summed E-state index contributed by atoms with van der Waals surface area (Å²) in [6.07, 6.45) is 0. The maximum absolute atomic E-state index is 12.0. The van der Waals surface area contributed by atoms with Crippen LogP contribution in [0.15, 0.2) is 18.2 Å². The Morgan fingerprint density at radius 2 is 1.96 bits per heavy atom. The average molecular weight is 340 g/mol. The van der Waals surface area contributed by atoms with Gasteiger partial charge in [0.15, 0.2) is 0 Å². The first-order valence-electron chi connectivity index (χ1n) is 7.38. The fourth-order valence-corrected chi connectivity index (χ4v) is 2.69. The molecule has 2 atom stereocenters. The number of carbonyl (C=O) groups excluding carboxylic acids is 1. The molecule has 0 spiro atoms. The molecule has 23 heavy (non-hydrogen) atoms. The Labute approximate surface area is 140 Å². The van der Waals surface area contributed by atoms with Gasteiger partial charge in [0.05, 0.1) is 0 Å². The fraction of sp³-hybridized carbons (Fsp3) is 0.500. The molecule has 1 rings (SSSR count). The highest BCUT2D eigenvalue weighted by Crippen LogP contribution is 2.20. The first-order valence-corrected chi connectivity index (χ1v) is 8.54. The van der Waals surface area contributed by atoms with E-state index in [4.69, 9.17) is 15.6 Å². The van der Waals surface area contributed by atoms with Gasteiger partial charge in [-0.1, -0.05) is 18.2 Å². The lowest BCUT2D eigenvalue weighted by atomic mass is 10.1. The van der Waals surface area contributed by atoms with Gasteiger partial charge >= 0.3 is 11.9 Å². The number of rotatable bonds is 9. The third-order valence-corrected chi connectivity index (χ3v) is 4.33. The van der Waals surface area contributed by atoms with Crippen LogP contribution in [-0.2, 0) is 14.3 Å². The Hall–Kier alpha value is -1.73. The van der Waals surface area contributed by atoms with Gasteiger partial charge in [-0.3, -0.25) is 4.79 Å². The standard InChI is InChI=1S/C16H24N2O4S/c1-10-5-4-6-11(2)14(10)18-12(3)16(21)22-7-8-23-9-13(17)15(19)20/h4-6,12-13,18H,7-9,17H2,1-3H3,(H,19,20)/t12-,13?/m0/s1. The summed E-state index contributed by atoms with van der Waals surface area (Å²) >= 11 is 1.35. The predicted molar refractivity (Wildman–Crippen MR) is 92.9 cm³/mol. The molecule has 0 aliphatic heterocycles. The number of para-hydroxylation sites is 1. The summed E-state index contributed by atoms with van der Waals surface area (Å²) in [4.78, 5) is 22.5. The molecule has 0 aliphatic carbocycles. The minimum absolute atomic E-state index is 0.231. The van der Waals surface area contributed by atoms with Crippen molar-refractivity contribution in [2.45, 2.75) is 32.9 Å². The largest absolute Gasteiger partial charge is 0.480 e. The molecule has 0 aromatic heterocycles. The number of benzene rings is 1.